The molecule has 0 radical (unpaired) electrons. The van der Waals surface area contributed by atoms with Crippen molar-refractivity contribution in [2.24, 2.45) is 35.0 Å². The Balaban J connectivity index is 0.883. The Labute approximate surface area is 543 Å². The standard InChI is InChI=1S/C81H84O12/c1-45(41-83)62-36-50-17-18-51-40-79-32-8-33-80(70(79)39-64-57-13-4-2-9-46(57)22-29-67(64)79)76(92-77(62)87)75(73-69(93-80)30-28-61-65(42-84)72(78(88)91-74(61)73)52(31-34-82)43-89-44-85)90-71(86)38-53-35-48(20-25-56(53)49-21-26-59(50)63(51)37-49)58-14-7-16-68-60(58)27-24-55-12-6-11-54-23-19-47-10-3-5-15-66(47)81(54,55)68/h2-5,7,9-10,13-16,19-23,25-26,28-30,37,48,50-56,64,67,70,75-76,82-85H,6,8,11-12,17-18,24,27,31-36,38-44H2,1H3/b62-45-/t48-,50+,51+,52+,53-,54-,55-,56+,64-,67-,70+,75+,76-,79+,80-,81-/m0/s1. The van der Waals surface area contributed by atoms with E-state index in [1.54, 1.807) is 13.0 Å². The molecule has 1 aromatic heterocycles. The molecule has 0 unspecified atom stereocenters. The number of hydrogen-bond donors (Lipinski definition) is 4. The van der Waals surface area contributed by atoms with E-state index in [1.165, 1.54) is 68.5 Å². The van der Waals surface area contributed by atoms with Gasteiger partial charge in [0.25, 0.3) is 0 Å². The molecule has 93 heavy (non-hydrogen) atoms. The predicted octanol–water partition coefficient (Wildman–Crippen LogP) is 14.2. The van der Waals surface area contributed by atoms with E-state index >= 15 is 9.59 Å². The highest BCUT2D eigenvalue weighted by Crippen LogP contribution is 2.72. The summed E-state index contributed by atoms with van der Waals surface area (Å²) < 4.78 is 34.7. The van der Waals surface area contributed by atoms with Crippen molar-refractivity contribution in [1.29, 1.82) is 0 Å². The Morgan fingerprint density at radius 1 is 0.742 bits per heavy atom. The second kappa shape index (κ2) is 23.0. The van der Waals surface area contributed by atoms with Crippen LogP contribution in [0.25, 0.3) is 23.1 Å². The molecule has 480 valence electrons. The van der Waals surface area contributed by atoms with Gasteiger partial charge in [-0.2, -0.15) is 0 Å². The molecule has 16 atom stereocenters. The van der Waals surface area contributed by atoms with Crippen molar-refractivity contribution >= 4 is 35.1 Å². The normalized spacial score (nSPS) is 33.9. The average Bonchev–Trinajstić information content (AvgIpc) is 1.65. The van der Waals surface area contributed by atoms with Crippen molar-refractivity contribution in [3.8, 4) is 5.75 Å². The van der Waals surface area contributed by atoms with Crippen LogP contribution < -0.4 is 10.4 Å². The van der Waals surface area contributed by atoms with E-state index in [2.05, 4.69) is 121 Å². The third-order valence-corrected chi connectivity index (χ3v) is 25.8. The number of hydrogen-bond acceptors (Lipinski definition) is 12. The quantitative estimate of drug-likeness (QED) is 0.0354. The van der Waals surface area contributed by atoms with Crippen LogP contribution in [0.2, 0.25) is 0 Å². The molecule has 3 saturated carbocycles. The van der Waals surface area contributed by atoms with Crippen molar-refractivity contribution in [3.63, 3.8) is 0 Å². The van der Waals surface area contributed by atoms with E-state index < -0.39 is 60.1 Å². The lowest BCUT2D eigenvalue weighted by molar-refractivity contribution is -0.222. The summed E-state index contributed by atoms with van der Waals surface area (Å²) in [6.07, 6.45) is 24.2. The lowest BCUT2D eigenvalue weighted by Crippen LogP contribution is -2.65. The van der Waals surface area contributed by atoms with Gasteiger partial charge in [0.15, 0.2) is 17.8 Å². The van der Waals surface area contributed by atoms with Gasteiger partial charge in [0.05, 0.1) is 25.4 Å². The number of fused-ring (bicyclic) bond motifs is 15. The Morgan fingerprint density at radius 3 is 2.43 bits per heavy atom. The van der Waals surface area contributed by atoms with E-state index in [0.29, 0.717) is 59.8 Å². The first-order chi connectivity index (χ1) is 45.5. The van der Waals surface area contributed by atoms with Gasteiger partial charge >= 0.3 is 17.6 Å². The fraction of sp³-hybridized carbons (Fsp3) is 0.469. The minimum absolute atomic E-state index is 0.00246. The van der Waals surface area contributed by atoms with Gasteiger partial charge in [-0.25, -0.2) is 9.59 Å². The number of aliphatic hydroxyl groups excluding tert-OH is 4. The summed E-state index contributed by atoms with van der Waals surface area (Å²) in [4.78, 5) is 47.4. The van der Waals surface area contributed by atoms with Gasteiger partial charge in [-0.15, -0.1) is 0 Å². The number of benzene rings is 5. The van der Waals surface area contributed by atoms with Gasteiger partial charge in [-0.3, -0.25) is 4.79 Å². The number of aliphatic hydroxyl groups is 4. The summed E-state index contributed by atoms with van der Waals surface area (Å²) in [5, 5.41) is 43.1. The number of carbonyl (C=O) groups excluding carboxylic acids is 2. The highest BCUT2D eigenvalue weighted by atomic mass is 16.6. The SMILES string of the molecule is C/C(CO)=C1\C[C@H]2CC[C@@H]3C[C@@]45CCC[C@]6(Oc7ccc8c(CO)c([C@H](CCO)COCO)c(=O)oc8c7[C@@H](OC(=O)C[C@@H]7C[C@@H](c8cccc9c8CC[C@@H]8CCC[C@H]%10C=Cc%11ccccc%11[C@@]98%10)C=C[C@@H]7c7ccc2c3c7)[C@@H]6OC1=O)[C@@H]4C[C@H]1c2ccccc2C=C[C@@H]15. The maximum absolute atomic E-state index is 16.3. The summed E-state index contributed by atoms with van der Waals surface area (Å²) in [7, 11) is 0. The maximum Gasteiger partial charge on any atom is 0.340 e. The molecule has 17 rings (SSSR count). The monoisotopic (exact) mass is 1250 g/mol. The van der Waals surface area contributed by atoms with E-state index in [9.17, 15) is 25.2 Å². The van der Waals surface area contributed by atoms with Gasteiger partial charge in [0.2, 0.25) is 0 Å². The number of ether oxygens (including phenoxy) is 4. The Bertz CT molecular complexity index is 4220. The van der Waals surface area contributed by atoms with E-state index in [1.807, 2.05) is 6.07 Å². The van der Waals surface area contributed by atoms with E-state index in [0.717, 1.165) is 51.4 Å². The number of rotatable bonds is 9. The van der Waals surface area contributed by atoms with Crippen LogP contribution >= 0.6 is 0 Å². The molecule has 11 aliphatic rings. The molecule has 8 aliphatic carbocycles. The van der Waals surface area contributed by atoms with Crippen molar-refractivity contribution in [2.45, 2.75) is 175 Å². The van der Waals surface area contributed by atoms with E-state index in [-0.39, 0.29) is 108 Å². The summed E-state index contributed by atoms with van der Waals surface area (Å²) in [6, 6.07) is 35.7. The average molecular weight is 1250 g/mol. The lowest BCUT2D eigenvalue weighted by Gasteiger charge is -2.58. The lowest BCUT2D eigenvalue weighted by atomic mass is 9.48. The minimum atomic E-state index is -1.38. The molecule has 1 saturated heterocycles. The van der Waals surface area contributed by atoms with Gasteiger partial charge in [-0.1, -0.05) is 128 Å². The third kappa shape index (κ3) is 8.96. The smallest absolute Gasteiger partial charge is 0.340 e. The molecule has 12 nitrogen and oxygen atoms in total. The number of allylic oxidation sites excluding steroid dienone is 4. The van der Waals surface area contributed by atoms with E-state index in [4.69, 9.17) is 23.4 Å². The fourth-order valence-electron chi connectivity index (χ4n) is 22.2. The third-order valence-electron chi connectivity index (χ3n) is 25.8. The first-order valence-corrected chi connectivity index (χ1v) is 34.9. The van der Waals surface area contributed by atoms with Crippen LogP contribution in [0.1, 0.15) is 217 Å². The number of esters is 2. The maximum atomic E-state index is 16.3. The highest BCUT2D eigenvalue weighted by molar-refractivity contribution is 5.91. The van der Waals surface area contributed by atoms with Crippen molar-refractivity contribution in [3.05, 3.63) is 215 Å². The van der Waals surface area contributed by atoms with Gasteiger partial charge in [0, 0.05) is 58.6 Å². The molecular formula is C81H84O12. The summed E-state index contributed by atoms with van der Waals surface area (Å²) >= 11 is 0. The Kier molecular flexibility index (Phi) is 14.7. The second-order valence-corrected chi connectivity index (χ2v) is 29.7. The first-order valence-electron chi connectivity index (χ1n) is 34.9. The zero-order valence-corrected chi connectivity index (χ0v) is 53.1. The Morgan fingerprint density at radius 2 is 1.57 bits per heavy atom. The molecule has 2 spiro atoms. The minimum Gasteiger partial charge on any atom is -0.482 e. The molecule has 4 fully saturated rings. The fourth-order valence-corrected chi connectivity index (χ4v) is 22.2. The van der Waals surface area contributed by atoms with Crippen LogP contribution in [0, 0.1) is 35.0 Å². The number of carbonyl (C=O) groups is 2. The first kappa shape index (κ1) is 59.5. The van der Waals surface area contributed by atoms with Crippen molar-refractivity contribution < 1.29 is 53.4 Å². The van der Waals surface area contributed by atoms with Crippen molar-refractivity contribution in [1.82, 2.24) is 0 Å². The second-order valence-electron chi connectivity index (χ2n) is 29.7. The van der Waals surface area contributed by atoms with Gasteiger partial charge in [0.1, 0.15) is 18.1 Å². The predicted molar refractivity (Wildman–Crippen MR) is 353 cm³/mol. The molecule has 12 heteroatoms. The van der Waals surface area contributed by atoms with Gasteiger partial charge < -0.3 is 43.8 Å². The van der Waals surface area contributed by atoms with Crippen LogP contribution in [0.15, 0.2) is 142 Å². The van der Waals surface area contributed by atoms with Crippen molar-refractivity contribution in [2.75, 3.05) is 26.6 Å². The molecular weight excluding hydrogens is 1160 g/mol. The largest absolute Gasteiger partial charge is 0.482 e. The molecule has 3 aliphatic heterocycles. The zero-order valence-electron chi connectivity index (χ0n) is 53.1. The van der Waals surface area contributed by atoms with Crippen LogP contribution in [-0.2, 0) is 42.2 Å². The van der Waals surface area contributed by atoms with Crippen LogP contribution in [-0.4, -0.2) is 70.7 Å². The topological polar surface area (TPSA) is 182 Å². The molecule has 6 aromatic rings. The molecule has 0 amide bonds. The molecule has 5 aromatic carbocycles. The zero-order chi connectivity index (χ0) is 63.1. The molecule has 8 bridgehead atoms. The van der Waals surface area contributed by atoms with Crippen LogP contribution in [0.3, 0.4) is 0 Å². The highest BCUT2D eigenvalue weighted by Gasteiger charge is 2.71. The van der Waals surface area contributed by atoms with Crippen LogP contribution in [0.5, 0.6) is 5.75 Å². The summed E-state index contributed by atoms with van der Waals surface area (Å²) in [5.74, 6) is -0.890. The summed E-state index contributed by atoms with van der Waals surface area (Å²) in [5.41, 5.74) is 12.2. The van der Waals surface area contributed by atoms with Crippen LogP contribution in [0.4, 0.5) is 0 Å². The summed E-state index contributed by atoms with van der Waals surface area (Å²) in [6.45, 7) is -0.214. The Hall–Kier alpha value is -7.19. The van der Waals surface area contributed by atoms with Gasteiger partial charge in [-0.05, 0) is 223 Å². The molecule has 4 heterocycles. The molecule has 4 N–H and O–H groups in total.